The van der Waals surface area contributed by atoms with Gasteiger partial charge in [0.05, 0.1) is 10.5 Å². The Labute approximate surface area is 121 Å². The average molecular weight is 286 g/mol. The Kier molecular flexibility index (Phi) is 3.84. The van der Waals surface area contributed by atoms with Crippen LogP contribution in [0.25, 0.3) is 0 Å². The van der Waals surface area contributed by atoms with Gasteiger partial charge in [0.1, 0.15) is 11.6 Å². The van der Waals surface area contributed by atoms with E-state index in [2.05, 4.69) is 4.98 Å². The zero-order valence-corrected chi connectivity index (χ0v) is 11.6. The number of non-ortho nitro benzene ring substituents is 1. The van der Waals surface area contributed by atoms with Crippen LogP contribution in [0.2, 0.25) is 0 Å². The maximum Gasteiger partial charge on any atom is 0.269 e. The molecule has 7 heteroatoms. The zero-order valence-electron chi connectivity index (χ0n) is 11.6. The first kappa shape index (κ1) is 14.4. The molecule has 0 radical (unpaired) electrons. The van der Waals surface area contributed by atoms with Gasteiger partial charge in [-0.2, -0.15) is 0 Å². The van der Waals surface area contributed by atoms with E-state index in [1.54, 1.807) is 13.0 Å². The molecule has 2 rings (SSSR count). The number of amidine groups is 1. The first-order chi connectivity index (χ1) is 9.88. The van der Waals surface area contributed by atoms with Gasteiger partial charge in [-0.1, -0.05) is 0 Å². The monoisotopic (exact) mass is 286 g/mol. The highest BCUT2D eigenvalue weighted by molar-refractivity contribution is 5.98. The molecule has 108 valence electrons. The summed E-state index contributed by atoms with van der Waals surface area (Å²) in [6.07, 6.45) is 0. The minimum absolute atomic E-state index is 0.0254. The fourth-order valence-corrected chi connectivity index (χ4v) is 1.95. The molecule has 1 heterocycles. The molecule has 7 nitrogen and oxygen atoms in total. The van der Waals surface area contributed by atoms with E-state index in [4.69, 9.17) is 15.9 Å². The molecule has 0 unspecified atom stereocenters. The van der Waals surface area contributed by atoms with Gasteiger partial charge in [-0.3, -0.25) is 15.5 Å². The fraction of sp³-hybridized carbons (Fsp3) is 0.143. The minimum Gasteiger partial charge on any atom is -0.438 e. The number of nitro groups is 1. The molecule has 0 aliphatic rings. The number of benzene rings is 1. The molecule has 3 N–H and O–H groups in total. The first-order valence-electron chi connectivity index (χ1n) is 6.13. The van der Waals surface area contributed by atoms with Crippen molar-refractivity contribution in [1.29, 1.82) is 5.41 Å². The Morgan fingerprint density at radius 3 is 2.48 bits per heavy atom. The van der Waals surface area contributed by atoms with E-state index >= 15 is 0 Å². The number of rotatable bonds is 4. The summed E-state index contributed by atoms with van der Waals surface area (Å²) in [6.45, 7) is 3.62. The molecule has 0 atom stereocenters. The van der Waals surface area contributed by atoms with Crippen LogP contribution in [0.1, 0.15) is 16.8 Å². The summed E-state index contributed by atoms with van der Waals surface area (Å²) in [5, 5.41) is 18.2. The molecule has 2 aromatic rings. The number of aromatic nitrogens is 1. The highest BCUT2D eigenvalue weighted by Gasteiger charge is 2.14. The van der Waals surface area contributed by atoms with Gasteiger partial charge < -0.3 is 10.5 Å². The lowest BCUT2D eigenvalue weighted by Gasteiger charge is -2.12. The van der Waals surface area contributed by atoms with E-state index in [-0.39, 0.29) is 17.4 Å². The van der Waals surface area contributed by atoms with Crippen LogP contribution in [-0.4, -0.2) is 15.7 Å². The number of hydrogen-bond acceptors (Lipinski definition) is 5. The molecule has 0 aliphatic carbocycles. The van der Waals surface area contributed by atoms with Gasteiger partial charge in [0.25, 0.3) is 5.69 Å². The predicted molar refractivity (Wildman–Crippen MR) is 77.9 cm³/mol. The van der Waals surface area contributed by atoms with E-state index in [1.165, 1.54) is 24.3 Å². The maximum absolute atomic E-state index is 10.6. The number of nitrogen functional groups attached to an aromatic ring is 1. The molecule has 1 aromatic heterocycles. The molecule has 0 spiro atoms. The van der Waals surface area contributed by atoms with Crippen molar-refractivity contribution in [2.75, 3.05) is 0 Å². The Bertz CT molecular complexity index is 711. The second-order valence-corrected chi connectivity index (χ2v) is 4.53. The summed E-state index contributed by atoms with van der Waals surface area (Å²) in [5.74, 6) is 0.464. The predicted octanol–water partition coefficient (Wildman–Crippen LogP) is 2.68. The first-order valence-corrected chi connectivity index (χ1v) is 6.13. The third kappa shape index (κ3) is 3.14. The number of nitrogens with zero attached hydrogens (tertiary/aromatic N) is 2. The summed E-state index contributed by atoms with van der Waals surface area (Å²) in [7, 11) is 0. The zero-order chi connectivity index (χ0) is 15.6. The molecular weight excluding hydrogens is 272 g/mol. The van der Waals surface area contributed by atoms with Crippen molar-refractivity contribution in [3.63, 3.8) is 0 Å². The van der Waals surface area contributed by atoms with Gasteiger partial charge in [0, 0.05) is 17.8 Å². The van der Waals surface area contributed by atoms with Gasteiger partial charge in [-0.05, 0) is 37.6 Å². The van der Waals surface area contributed by atoms with Crippen molar-refractivity contribution in [2.24, 2.45) is 5.73 Å². The van der Waals surface area contributed by atoms with Crippen LogP contribution >= 0.6 is 0 Å². The van der Waals surface area contributed by atoms with Crippen molar-refractivity contribution in [2.45, 2.75) is 13.8 Å². The molecule has 1 aromatic carbocycles. The molecule has 0 aliphatic heterocycles. The number of pyridine rings is 1. The lowest BCUT2D eigenvalue weighted by molar-refractivity contribution is -0.384. The number of nitrogens with two attached hydrogens (primary N) is 1. The Morgan fingerprint density at radius 2 is 1.95 bits per heavy atom. The van der Waals surface area contributed by atoms with Crippen molar-refractivity contribution < 1.29 is 9.66 Å². The van der Waals surface area contributed by atoms with Crippen LogP contribution in [0.4, 0.5) is 5.69 Å². The quantitative estimate of drug-likeness (QED) is 0.388. The molecule has 0 amide bonds. The van der Waals surface area contributed by atoms with Crippen LogP contribution < -0.4 is 10.5 Å². The van der Waals surface area contributed by atoms with Crippen molar-refractivity contribution in [3.05, 3.63) is 57.3 Å². The van der Waals surface area contributed by atoms with Gasteiger partial charge >= 0.3 is 0 Å². The smallest absolute Gasteiger partial charge is 0.269 e. The summed E-state index contributed by atoms with van der Waals surface area (Å²) < 4.78 is 5.61. The van der Waals surface area contributed by atoms with E-state index in [9.17, 15) is 10.1 Å². The minimum atomic E-state index is -0.486. The highest BCUT2D eigenvalue weighted by Crippen LogP contribution is 2.27. The summed E-state index contributed by atoms with van der Waals surface area (Å²) in [5.41, 5.74) is 7.46. The number of aryl methyl sites for hydroxylation is 2. The molecule has 21 heavy (non-hydrogen) atoms. The van der Waals surface area contributed by atoms with Gasteiger partial charge in [0.2, 0.25) is 5.88 Å². The van der Waals surface area contributed by atoms with Crippen LogP contribution in [-0.2, 0) is 0 Å². The molecular formula is C14H14N4O3. The summed E-state index contributed by atoms with van der Waals surface area (Å²) in [4.78, 5) is 14.4. The van der Waals surface area contributed by atoms with Crippen LogP contribution in [0.15, 0.2) is 30.3 Å². The number of nitro benzene ring substituents is 1. The van der Waals surface area contributed by atoms with Crippen molar-refractivity contribution in [3.8, 4) is 11.6 Å². The van der Waals surface area contributed by atoms with Gasteiger partial charge in [0.15, 0.2) is 0 Å². The lowest BCUT2D eigenvalue weighted by atomic mass is 10.1. The average Bonchev–Trinajstić information content (AvgIpc) is 2.37. The molecule has 0 saturated carbocycles. The topological polar surface area (TPSA) is 115 Å². The van der Waals surface area contributed by atoms with Crippen molar-refractivity contribution >= 4 is 11.5 Å². The van der Waals surface area contributed by atoms with E-state index in [1.807, 2.05) is 6.92 Å². The summed E-state index contributed by atoms with van der Waals surface area (Å²) in [6, 6.07) is 7.43. The second kappa shape index (κ2) is 5.58. The highest BCUT2D eigenvalue weighted by atomic mass is 16.6. The normalized spacial score (nSPS) is 10.2. The van der Waals surface area contributed by atoms with Crippen molar-refractivity contribution in [1.82, 2.24) is 4.98 Å². The van der Waals surface area contributed by atoms with Crippen LogP contribution in [0.5, 0.6) is 11.6 Å². The molecule has 0 saturated heterocycles. The third-order valence-electron chi connectivity index (χ3n) is 2.84. The lowest BCUT2D eigenvalue weighted by Crippen LogP contribution is -2.15. The van der Waals surface area contributed by atoms with Gasteiger partial charge in [-0.15, -0.1) is 0 Å². The Hall–Kier alpha value is -2.96. The van der Waals surface area contributed by atoms with E-state index < -0.39 is 4.92 Å². The largest absolute Gasteiger partial charge is 0.438 e. The van der Waals surface area contributed by atoms with Crippen LogP contribution in [0.3, 0.4) is 0 Å². The standard InChI is InChI=1S/C14H14N4O3/c1-8-7-9(2)17-14(12(8)13(15)16)21-11-5-3-10(4-6-11)18(19)20/h3-7H,1-2H3,(H3,15,16). The second-order valence-electron chi connectivity index (χ2n) is 4.53. The maximum atomic E-state index is 10.6. The number of nitrogens with one attached hydrogen (secondary N) is 1. The molecule has 0 bridgehead atoms. The number of hydrogen-bond donors (Lipinski definition) is 2. The fourth-order valence-electron chi connectivity index (χ4n) is 1.95. The number of ether oxygens (including phenoxy) is 1. The van der Waals surface area contributed by atoms with Gasteiger partial charge in [-0.25, -0.2) is 4.98 Å². The van der Waals surface area contributed by atoms with E-state index in [0.29, 0.717) is 11.3 Å². The SMILES string of the molecule is Cc1cc(C)c(C(=N)N)c(Oc2ccc([N+](=O)[O-])cc2)n1. The summed E-state index contributed by atoms with van der Waals surface area (Å²) >= 11 is 0. The van der Waals surface area contributed by atoms with E-state index in [0.717, 1.165) is 11.3 Å². The Balaban J connectivity index is 2.39. The molecule has 0 fully saturated rings. The third-order valence-corrected chi connectivity index (χ3v) is 2.84. The van der Waals surface area contributed by atoms with Crippen LogP contribution in [0, 0.1) is 29.4 Å². The Morgan fingerprint density at radius 1 is 1.33 bits per heavy atom.